The fourth-order valence-electron chi connectivity index (χ4n) is 1.86. The van der Waals surface area contributed by atoms with E-state index in [4.69, 9.17) is 4.11 Å². The van der Waals surface area contributed by atoms with Crippen LogP contribution < -0.4 is 0 Å². The van der Waals surface area contributed by atoms with Gasteiger partial charge in [0.15, 0.2) is 0 Å². The third-order valence-corrected chi connectivity index (χ3v) is 3.05. The Labute approximate surface area is 114 Å². The number of pyridine rings is 1. The van der Waals surface area contributed by atoms with E-state index in [0.29, 0.717) is 17.7 Å². The highest BCUT2D eigenvalue weighted by molar-refractivity contribution is 5.58. The number of hydrogen-bond donors (Lipinski definition) is 0. The van der Waals surface area contributed by atoms with Crippen molar-refractivity contribution in [3.8, 4) is 11.3 Å². The molecular weight excluding hydrogens is 218 g/mol. The summed E-state index contributed by atoms with van der Waals surface area (Å²) in [6, 6.07) is 9.70. The summed E-state index contributed by atoms with van der Waals surface area (Å²) in [5, 5.41) is 0. The summed E-state index contributed by atoms with van der Waals surface area (Å²) in [4.78, 5) is 4.36. The lowest BCUT2D eigenvalue weighted by Crippen LogP contribution is -1.95. The first kappa shape index (κ1) is 9.32. The van der Waals surface area contributed by atoms with Gasteiger partial charge in [0.25, 0.3) is 0 Å². The molecule has 1 unspecified atom stereocenters. The van der Waals surface area contributed by atoms with E-state index in [0.717, 1.165) is 18.4 Å². The van der Waals surface area contributed by atoms with Crippen LogP contribution >= 0.6 is 0 Å². The number of benzene rings is 1. The smallest absolute Gasteiger partial charge is 0.0702 e. The van der Waals surface area contributed by atoms with Crippen molar-refractivity contribution in [2.45, 2.75) is 39.0 Å². The topological polar surface area (TPSA) is 12.9 Å². The van der Waals surface area contributed by atoms with Crippen molar-refractivity contribution in [2.24, 2.45) is 0 Å². The maximum Gasteiger partial charge on any atom is 0.0702 e. The molecule has 0 amide bonds. The summed E-state index contributed by atoms with van der Waals surface area (Å²) < 4.78 is 24.9. The molecule has 0 aliphatic carbocycles. The van der Waals surface area contributed by atoms with Gasteiger partial charge in [0.1, 0.15) is 0 Å². The first-order valence-electron chi connectivity index (χ1n) is 7.99. The van der Waals surface area contributed by atoms with Gasteiger partial charge in [-0.3, -0.25) is 4.98 Å². The van der Waals surface area contributed by atoms with Gasteiger partial charge in [-0.2, -0.15) is 0 Å². The van der Waals surface area contributed by atoms with E-state index < -0.39 is 5.89 Å². The van der Waals surface area contributed by atoms with Crippen LogP contribution in [0, 0.1) is 0 Å². The summed E-state index contributed by atoms with van der Waals surface area (Å²) in [5.41, 5.74) is 1.89. The van der Waals surface area contributed by atoms with Gasteiger partial charge >= 0.3 is 0 Å². The van der Waals surface area contributed by atoms with E-state index in [1.54, 1.807) is 13.1 Å². The van der Waals surface area contributed by atoms with Crippen LogP contribution in [0.2, 0.25) is 0 Å². The van der Waals surface area contributed by atoms with Crippen LogP contribution in [0.5, 0.6) is 0 Å². The molecule has 1 aromatic carbocycles. The van der Waals surface area contributed by atoms with Crippen molar-refractivity contribution in [1.29, 1.82) is 0 Å². The Bertz CT molecular complexity index is 609. The Balaban J connectivity index is 2.43. The van der Waals surface area contributed by atoms with Crippen molar-refractivity contribution < 1.29 is 4.11 Å². The molecular formula is C17H21N. The Kier molecular flexibility index (Phi) is 3.28. The zero-order chi connectivity index (χ0) is 15.5. The van der Waals surface area contributed by atoms with Crippen molar-refractivity contribution in [3.05, 3.63) is 54.2 Å². The largest absolute Gasteiger partial charge is 0.256 e. The maximum absolute atomic E-state index is 8.44. The number of nitrogens with zero attached hydrogens (tertiary/aromatic N) is 1. The normalized spacial score (nSPS) is 16.4. The van der Waals surface area contributed by atoms with Crippen LogP contribution in [0.4, 0.5) is 0 Å². The molecule has 0 aliphatic heterocycles. The fourth-order valence-corrected chi connectivity index (χ4v) is 1.86. The Morgan fingerprint density at radius 1 is 1.28 bits per heavy atom. The van der Waals surface area contributed by atoms with E-state index in [-0.39, 0.29) is 12.1 Å². The molecule has 0 N–H and O–H groups in total. The minimum atomic E-state index is -0.856. The molecule has 1 atom stereocenters. The van der Waals surface area contributed by atoms with Crippen LogP contribution in [0.15, 0.2) is 48.6 Å². The molecule has 0 spiro atoms. The van der Waals surface area contributed by atoms with Crippen molar-refractivity contribution in [2.75, 3.05) is 0 Å². The van der Waals surface area contributed by atoms with E-state index in [2.05, 4.69) is 11.9 Å². The summed E-state index contributed by atoms with van der Waals surface area (Å²) >= 11 is 0. The first-order valence-corrected chi connectivity index (χ1v) is 6.49. The van der Waals surface area contributed by atoms with E-state index in [1.165, 1.54) is 0 Å². The zero-order valence-electron chi connectivity index (χ0n) is 14.0. The van der Waals surface area contributed by atoms with Crippen LogP contribution in [0.25, 0.3) is 11.3 Å². The second kappa shape index (κ2) is 6.34. The monoisotopic (exact) mass is 242 g/mol. The van der Waals surface area contributed by atoms with E-state index in [1.807, 2.05) is 30.3 Å². The molecule has 0 fully saturated rings. The average Bonchev–Trinajstić information content (AvgIpc) is 2.48. The quantitative estimate of drug-likeness (QED) is 0.715. The number of unbranched alkanes of at least 4 members (excludes halogenated alkanes) is 1. The molecule has 0 aliphatic rings. The maximum atomic E-state index is 8.44. The van der Waals surface area contributed by atoms with Gasteiger partial charge in [-0.15, -0.1) is 0 Å². The Hall–Kier alpha value is -1.63. The number of hydrogen-bond acceptors (Lipinski definition) is 1. The van der Waals surface area contributed by atoms with Gasteiger partial charge in [-0.1, -0.05) is 63.1 Å². The number of rotatable bonds is 5. The lowest BCUT2D eigenvalue weighted by Gasteiger charge is -2.11. The predicted molar refractivity (Wildman–Crippen MR) is 77.6 cm³/mol. The second-order valence-corrected chi connectivity index (χ2v) is 4.52. The Morgan fingerprint density at radius 3 is 2.78 bits per heavy atom. The minimum absolute atomic E-state index is 0.105. The summed E-state index contributed by atoms with van der Waals surface area (Å²) in [7, 11) is 0. The molecule has 0 saturated heterocycles. The highest BCUT2D eigenvalue weighted by Crippen LogP contribution is 2.23. The second-order valence-electron chi connectivity index (χ2n) is 4.52. The third-order valence-electron chi connectivity index (χ3n) is 3.05. The lowest BCUT2D eigenvalue weighted by molar-refractivity contribution is 0.623. The van der Waals surface area contributed by atoms with Crippen LogP contribution in [0.1, 0.15) is 48.7 Å². The molecule has 1 heterocycles. The molecule has 18 heavy (non-hydrogen) atoms. The molecule has 0 saturated carbocycles. The molecule has 1 aromatic heterocycles. The zero-order valence-corrected chi connectivity index (χ0v) is 11.0. The lowest BCUT2D eigenvalue weighted by atomic mass is 9.96. The van der Waals surface area contributed by atoms with Crippen LogP contribution in [0.3, 0.4) is 0 Å². The third kappa shape index (κ3) is 3.19. The van der Waals surface area contributed by atoms with E-state index in [9.17, 15) is 0 Å². The standard InChI is InChI=1S/C17H21N/c1-3-4-8-14(2)16-11-12-17(18-13-16)15-9-6-5-7-10-15/h5-7,9-14H,3-4,8H2,1-2H3/i11D,12D,14D. The van der Waals surface area contributed by atoms with Gasteiger partial charge in [-0.25, -0.2) is 0 Å². The molecule has 2 aromatic rings. The summed E-state index contributed by atoms with van der Waals surface area (Å²) in [6.07, 6.45) is 4.24. The van der Waals surface area contributed by atoms with Gasteiger partial charge in [-0.05, 0) is 23.9 Å². The van der Waals surface area contributed by atoms with Gasteiger partial charge < -0.3 is 0 Å². The average molecular weight is 242 g/mol. The van der Waals surface area contributed by atoms with Crippen LogP contribution in [-0.4, -0.2) is 4.98 Å². The Morgan fingerprint density at radius 2 is 2.06 bits per heavy atom. The summed E-state index contributed by atoms with van der Waals surface area (Å²) in [6.45, 7) is 3.89. The minimum Gasteiger partial charge on any atom is -0.256 e. The highest BCUT2D eigenvalue weighted by Gasteiger charge is 2.06. The van der Waals surface area contributed by atoms with E-state index >= 15 is 0 Å². The molecule has 0 bridgehead atoms. The molecule has 2 rings (SSSR count). The van der Waals surface area contributed by atoms with Crippen LogP contribution in [-0.2, 0) is 0 Å². The number of aromatic nitrogens is 1. The SMILES string of the molecule is [2H]c1c(C([2H])(C)CCCC)cnc(-c2ccccc2)c1[2H]. The van der Waals surface area contributed by atoms with Gasteiger partial charge in [0.05, 0.1) is 8.44 Å². The van der Waals surface area contributed by atoms with Crippen molar-refractivity contribution >= 4 is 0 Å². The highest BCUT2D eigenvalue weighted by atomic mass is 14.7. The molecule has 1 nitrogen and oxygen atoms in total. The predicted octanol–water partition coefficient (Wildman–Crippen LogP) is 5.04. The van der Waals surface area contributed by atoms with Gasteiger partial charge in [0, 0.05) is 13.1 Å². The molecule has 0 radical (unpaired) electrons. The van der Waals surface area contributed by atoms with Crippen molar-refractivity contribution in [3.63, 3.8) is 0 Å². The molecule has 1 heteroatoms. The molecule has 94 valence electrons. The first-order chi connectivity index (χ1) is 9.97. The van der Waals surface area contributed by atoms with Gasteiger partial charge in [0.2, 0.25) is 0 Å². The fraction of sp³-hybridized carbons (Fsp3) is 0.353. The summed E-state index contributed by atoms with van der Waals surface area (Å²) in [5.74, 6) is -0.856. The van der Waals surface area contributed by atoms with Crippen molar-refractivity contribution in [1.82, 2.24) is 4.98 Å².